The fourth-order valence-corrected chi connectivity index (χ4v) is 4.27. The van der Waals surface area contributed by atoms with Gasteiger partial charge in [-0.2, -0.15) is 5.26 Å². The van der Waals surface area contributed by atoms with E-state index in [0.29, 0.717) is 30.7 Å². The van der Waals surface area contributed by atoms with Gasteiger partial charge in [0.05, 0.1) is 18.2 Å². The molecule has 6 nitrogen and oxygen atoms in total. The van der Waals surface area contributed by atoms with Crippen LogP contribution in [0, 0.1) is 24.2 Å². The summed E-state index contributed by atoms with van der Waals surface area (Å²) in [5.41, 5.74) is 1.41. The van der Waals surface area contributed by atoms with Crippen LogP contribution in [0.5, 0.6) is 0 Å². The molecule has 1 aromatic rings. The van der Waals surface area contributed by atoms with E-state index in [2.05, 4.69) is 21.3 Å². The molecule has 134 valence electrons. The summed E-state index contributed by atoms with van der Waals surface area (Å²) in [7, 11) is 1.63. The van der Waals surface area contributed by atoms with Gasteiger partial charge in [0.1, 0.15) is 11.9 Å². The minimum absolute atomic E-state index is 0.0354. The second-order valence-electron chi connectivity index (χ2n) is 7.02. The zero-order chi connectivity index (χ0) is 17.8. The highest BCUT2D eigenvalue weighted by Crippen LogP contribution is 2.42. The van der Waals surface area contributed by atoms with Gasteiger partial charge in [0.15, 0.2) is 0 Å². The number of nitriles is 1. The van der Waals surface area contributed by atoms with Gasteiger partial charge in [0, 0.05) is 25.4 Å². The lowest BCUT2D eigenvalue weighted by atomic mass is 9.84. The highest BCUT2D eigenvalue weighted by atomic mass is 16.5. The predicted molar refractivity (Wildman–Crippen MR) is 95.2 cm³/mol. The van der Waals surface area contributed by atoms with Crippen molar-refractivity contribution in [3.63, 3.8) is 0 Å². The Morgan fingerprint density at radius 3 is 3.00 bits per heavy atom. The number of nitrogens with zero attached hydrogens (tertiary/aromatic N) is 3. The fourth-order valence-electron chi connectivity index (χ4n) is 4.27. The van der Waals surface area contributed by atoms with E-state index >= 15 is 0 Å². The van der Waals surface area contributed by atoms with Gasteiger partial charge in [-0.3, -0.25) is 4.79 Å². The Bertz CT molecular complexity index is 670. The molecule has 1 aliphatic carbocycles. The number of hydrogen-bond donors (Lipinski definition) is 1. The summed E-state index contributed by atoms with van der Waals surface area (Å²) in [5.74, 6) is 1.32. The third-order valence-corrected chi connectivity index (χ3v) is 5.33. The minimum atomic E-state index is -0.217. The zero-order valence-electron chi connectivity index (χ0n) is 15.0. The van der Waals surface area contributed by atoms with Gasteiger partial charge in [-0.05, 0) is 44.2 Å². The first-order valence-electron chi connectivity index (χ1n) is 9.08. The lowest BCUT2D eigenvalue weighted by Gasteiger charge is -2.34. The van der Waals surface area contributed by atoms with Crippen molar-refractivity contribution in [3.05, 3.63) is 23.4 Å². The number of ether oxygens (including phenoxy) is 1. The number of methoxy groups -OCH3 is 1. The molecule has 0 aromatic carbocycles. The van der Waals surface area contributed by atoms with Crippen molar-refractivity contribution in [2.24, 2.45) is 5.92 Å². The summed E-state index contributed by atoms with van der Waals surface area (Å²) in [6.45, 7) is 2.92. The predicted octanol–water partition coefficient (Wildman–Crippen LogP) is 2.16. The Balaban J connectivity index is 1.89. The van der Waals surface area contributed by atoms with E-state index in [0.717, 1.165) is 24.4 Å². The van der Waals surface area contributed by atoms with Gasteiger partial charge in [-0.1, -0.05) is 12.8 Å². The third kappa shape index (κ3) is 3.77. The molecule has 2 heterocycles. The summed E-state index contributed by atoms with van der Waals surface area (Å²) in [6.07, 6.45) is 5.54. The molecular weight excluding hydrogens is 316 g/mol. The lowest BCUT2D eigenvalue weighted by molar-refractivity contribution is -0.122. The Kier molecular flexibility index (Phi) is 5.54. The van der Waals surface area contributed by atoms with Gasteiger partial charge < -0.3 is 15.0 Å². The number of aryl methyl sites for hydroxylation is 1. The Hall–Kier alpha value is -2.13. The van der Waals surface area contributed by atoms with Crippen LogP contribution in [0.3, 0.4) is 0 Å². The van der Waals surface area contributed by atoms with E-state index in [4.69, 9.17) is 4.74 Å². The highest BCUT2D eigenvalue weighted by molar-refractivity contribution is 5.86. The van der Waals surface area contributed by atoms with Gasteiger partial charge in [0.2, 0.25) is 5.91 Å². The maximum atomic E-state index is 12.8. The van der Waals surface area contributed by atoms with E-state index in [9.17, 15) is 10.1 Å². The SMILES string of the molecule is COCCNC(=O)[C@@H]1C[C@@H]2CCCC[C@@H]2N1c1cc(C#N)cc(C)n1. The summed E-state index contributed by atoms with van der Waals surface area (Å²) in [5, 5.41) is 12.3. The summed E-state index contributed by atoms with van der Waals surface area (Å²) in [6, 6.07) is 5.93. The molecule has 2 fully saturated rings. The van der Waals surface area contributed by atoms with Crippen LogP contribution in [0.15, 0.2) is 12.1 Å². The number of amides is 1. The highest BCUT2D eigenvalue weighted by Gasteiger charge is 2.45. The summed E-state index contributed by atoms with van der Waals surface area (Å²) < 4.78 is 5.03. The van der Waals surface area contributed by atoms with E-state index in [-0.39, 0.29) is 11.9 Å². The number of nitrogens with one attached hydrogen (secondary N) is 1. The van der Waals surface area contributed by atoms with Crippen LogP contribution in [-0.2, 0) is 9.53 Å². The monoisotopic (exact) mass is 342 g/mol. The number of carbonyl (C=O) groups excluding carboxylic acids is 1. The molecule has 1 saturated carbocycles. The van der Waals surface area contributed by atoms with Crippen molar-refractivity contribution in [2.75, 3.05) is 25.2 Å². The maximum Gasteiger partial charge on any atom is 0.242 e. The molecule has 3 rings (SSSR count). The van der Waals surface area contributed by atoms with Crippen molar-refractivity contribution >= 4 is 11.7 Å². The second kappa shape index (κ2) is 7.83. The lowest BCUT2D eigenvalue weighted by Crippen LogP contribution is -2.47. The number of aromatic nitrogens is 1. The van der Waals surface area contributed by atoms with Crippen LogP contribution >= 0.6 is 0 Å². The van der Waals surface area contributed by atoms with Crippen molar-refractivity contribution in [1.82, 2.24) is 10.3 Å². The largest absolute Gasteiger partial charge is 0.383 e. The second-order valence-corrected chi connectivity index (χ2v) is 7.02. The number of carbonyl (C=O) groups is 1. The van der Waals surface area contributed by atoms with E-state index in [1.54, 1.807) is 13.2 Å². The molecular formula is C19H26N4O2. The van der Waals surface area contributed by atoms with Crippen molar-refractivity contribution in [1.29, 1.82) is 5.26 Å². The molecule has 25 heavy (non-hydrogen) atoms. The Morgan fingerprint density at radius 1 is 1.44 bits per heavy atom. The van der Waals surface area contributed by atoms with Crippen LogP contribution in [0.2, 0.25) is 0 Å². The summed E-state index contributed by atoms with van der Waals surface area (Å²) >= 11 is 0. The first-order chi connectivity index (χ1) is 12.1. The zero-order valence-corrected chi connectivity index (χ0v) is 15.0. The van der Waals surface area contributed by atoms with Crippen LogP contribution in [0.1, 0.15) is 43.4 Å². The van der Waals surface area contributed by atoms with Crippen LogP contribution in [0.25, 0.3) is 0 Å². The van der Waals surface area contributed by atoms with Gasteiger partial charge >= 0.3 is 0 Å². The molecule has 0 spiro atoms. The van der Waals surface area contributed by atoms with E-state index < -0.39 is 0 Å². The molecule has 1 aliphatic heterocycles. The number of pyridine rings is 1. The average molecular weight is 342 g/mol. The van der Waals surface area contributed by atoms with Crippen molar-refractivity contribution in [3.8, 4) is 6.07 Å². The molecule has 2 aliphatic rings. The van der Waals surface area contributed by atoms with Gasteiger partial charge in [-0.15, -0.1) is 0 Å². The fraction of sp³-hybridized carbons (Fsp3) is 0.632. The van der Waals surface area contributed by atoms with E-state index in [1.807, 2.05) is 13.0 Å². The topological polar surface area (TPSA) is 78.2 Å². The normalized spacial score (nSPS) is 25.3. The molecule has 1 saturated heterocycles. The van der Waals surface area contributed by atoms with Crippen LogP contribution in [0.4, 0.5) is 5.82 Å². The molecule has 1 aromatic heterocycles. The molecule has 3 atom stereocenters. The average Bonchev–Trinajstić information content (AvgIpc) is 3.01. The standard InChI is InChI=1S/C19H26N4O2/c1-13-9-14(12-20)10-18(22-13)23-16-6-4-3-5-15(16)11-17(23)19(24)21-7-8-25-2/h9-10,15-17H,3-8,11H2,1-2H3,(H,21,24)/t15-,16-,17-/m0/s1. The smallest absolute Gasteiger partial charge is 0.242 e. The van der Waals surface area contributed by atoms with Crippen LogP contribution in [-0.4, -0.2) is 43.2 Å². The summed E-state index contributed by atoms with van der Waals surface area (Å²) in [4.78, 5) is 19.6. The third-order valence-electron chi connectivity index (χ3n) is 5.33. The van der Waals surface area contributed by atoms with Gasteiger partial charge in [-0.25, -0.2) is 4.98 Å². The Labute approximate surface area is 149 Å². The molecule has 0 radical (unpaired) electrons. The molecule has 6 heteroatoms. The quantitative estimate of drug-likeness (QED) is 0.830. The van der Waals surface area contributed by atoms with E-state index in [1.165, 1.54) is 19.3 Å². The number of fused-ring (bicyclic) bond motifs is 1. The molecule has 1 N–H and O–H groups in total. The van der Waals surface area contributed by atoms with Crippen LogP contribution < -0.4 is 10.2 Å². The molecule has 0 bridgehead atoms. The number of hydrogen-bond acceptors (Lipinski definition) is 5. The number of anilines is 1. The van der Waals surface area contributed by atoms with Crippen molar-refractivity contribution < 1.29 is 9.53 Å². The molecule has 1 amide bonds. The maximum absolute atomic E-state index is 12.8. The number of rotatable bonds is 5. The Morgan fingerprint density at radius 2 is 2.24 bits per heavy atom. The van der Waals surface area contributed by atoms with Crippen molar-refractivity contribution in [2.45, 2.75) is 51.1 Å². The minimum Gasteiger partial charge on any atom is -0.383 e. The van der Waals surface area contributed by atoms with Gasteiger partial charge in [0.25, 0.3) is 0 Å². The first kappa shape index (κ1) is 17.7. The molecule has 0 unspecified atom stereocenters. The first-order valence-corrected chi connectivity index (χ1v) is 9.08.